The minimum atomic E-state index is -0.932. The zero-order chi connectivity index (χ0) is 25.9. The van der Waals surface area contributed by atoms with Gasteiger partial charge in [-0.15, -0.1) is 11.8 Å². The smallest absolute Gasteiger partial charge is 0.311 e. The number of carbonyl (C=O) groups excluding carboxylic acids is 3. The number of hydrogen-bond acceptors (Lipinski definition) is 6. The van der Waals surface area contributed by atoms with Gasteiger partial charge >= 0.3 is 5.97 Å². The topological polar surface area (TPSA) is 87.2 Å². The quantitative estimate of drug-likeness (QED) is 0.494. The molecule has 1 spiro atoms. The van der Waals surface area contributed by atoms with E-state index in [1.807, 2.05) is 80.6 Å². The van der Waals surface area contributed by atoms with Crippen molar-refractivity contribution < 1.29 is 24.2 Å². The standard InChI is InChI=1S/C29H30N2O5S/c1-17(2)21(16-32)31-25-27(34)30(20-11-10-18-7-3-4-8-19(18)15-20)13-6-12-29(25)24(26(31)33)23-22(37-29)9-5-14-36-28(23)35/h3-12,15,17,21-25,32H,13-14,16H2,1-2H3/t21-,22+,23-,24-,25?,29-/m0/s1. The maximum absolute atomic E-state index is 14.5. The molecule has 2 saturated heterocycles. The third-order valence-corrected chi connectivity index (χ3v) is 9.95. The molecule has 7 nitrogen and oxygen atoms in total. The summed E-state index contributed by atoms with van der Waals surface area (Å²) in [6.07, 6.45) is 7.69. The van der Waals surface area contributed by atoms with Gasteiger partial charge < -0.3 is 19.6 Å². The highest BCUT2D eigenvalue weighted by molar-refractivity contribution is 8.02. The highest BCUT2D eigenvalue weighted by Crippen LogP contribution is 2.61. The minimum Gasteiger partial charge on any atom is -0.461 e. The molecule has 37 heavy (non-hydrogen) atoms. The lowest BCUT2D eigenvalue weighted by Gasteiger charge is -2.39. The number of likely N-dealkylation sites (tertiary alicyclic amines) is 1. The zero-order valence-electron chi connectivity index (χ0n) is 20.8. The van der Waals surface area contributed by atoms with Gasteiger partial charge in [-0.1, -0.05) is 68.5 Å². The van der Waals surface area contributed by atoms with Crippen LogP contribution in [-0.4, -0.2) is 69.6 Å². The number of amides is 2. The SMILES string of the molecule is CC(C)[C@H](CO)N1C(=O)[C@@H]2[C@H]3C(=O)OCC=C[C@H]3S[C@@]23C=CCN(c2ccc4ccccc4c2)C(=O)C13. The van der Waals surface area contributed by atoms with E-state index in [-0.39, 0.29) is 36.2 Å². The number of hydrogen-bond donors (Lipinski definition) is 1. The Morgan fingerprint density at radius 2 is 1.86 bits per heavy atom. The number of aliphatic hydroxyl groups is 1. The molecule has 2 aromatic carbocycles. The van der Waals surface area contributed by atoms with E-state index in [2.05, 4.69) is 0 Å². The molecule has 8 heteroatoms. The normalized spacial score (nSPS) is 31.7. The number of aliphatic hydroxyl groups excluding tert-OH is 1. The number of cyclic esters (lactones) is 1. The second kappa shape index (κ2) is 9.03. The largest absolute Gasteiger partial charge is 0.461 e. The van der Waals surface area contributed by atoms with Crippen LogP contribution in [0.2, 0.25) is 0 Å². The summed E-state index contributed by atoms with van der Waals surface area (Å²) in [6.45, 7) is 4.14. The third kappa shape index (κ3) is 3.56. The van der Waals surface area contributed by atoms with E-state index in [1.54, 1.807) is 9.80 Å². The summed E-state index contributed by atoms with van der Waals surface area (Å²) < 4.78 is 4.50. The molecule has 6 atom stereocenters. The number of benzene rings is 2. The van der Waals surface area contributed by atoms with Gasteiger partial charge in [0.15, 0.2) is 0 Å². The first-order valence-corrected chi connectivity index (χ1v) is 13.7. The Hall–Kier alpha value is -3.10. The van der Waals surface area contributed by atoms with Crippen molar-refractivity contribution in [3.8, 4) is 0 Å². The van der Waals surface area contributed by atoms with Crippen LogP contribution in [0.15, 0.2) is 66.8 Å². The second-order valence-corrected chi connectivity index (χ2v) is 12.0. The molecule has 0 bridgehead atoms. The minimum absolute atomic E-state index is 0.0826. The van der Waals surface area contributed by atoms with Crippen LogP contribution in [0.5, 0.6) is 0 Å². The number of rotatable bonds is 4. The van der Waals surface area contributed by atoms with Crippen LogP contribution in [0.1, 0.15) is 13.8 Å². The molecule has 1 unspecified atom stereocenters. The molecule has 4 aliphatic rings. The van der Waals surface area contributed by atoms with Gasteiger partial charge in [-0.05, 0) is 28.8 Å². The predicted octanol–water partition coefficient (Wildman–Crippen LogP) is 3.17. The van der Waals surface area contributed by atoms with E-state index < -0.39 is 34.6 Å². The van der Waals surface area contributed by atoms with Crippen molar-refractivity contribution in [3.63, 3.8) is 0 Å². The molecule has 192 valence electrons. The zero-order valence-corrected chi connectivity index (χ0v) is 21.6. The third-order valence-electron chi connectivity index (χ3n) is 8.21. The van der Waals surface area contributed by atoms with Crippen LogP contribution >= 0.6 is 11.8 Å². The van der Waals surface area contributed by atoms with Crippen molar-refractivity contribution in [1.82, 2.24) is 4.90 Å². The number of nitrogens with zero attached hydrogens (tertiary/aromatic N) is 2. The number of ether oxygens (including phenoxy) is 1. The van der Waals surface area contributed by atoms with Crippen LogP contribution in [0.3, 0.4) is 0 Å². The molecule has 0 radical (unpaired) electrons. The van der Waals surface area contributed by atoms with Gasteiger partial charge in [0.1, 0.15) is 12.6 Å². The van der Waals surface area contributed by atoms with Gasteiger partial charge in [-0.3, -0.25) is 14.4 Å². The summed E-state index contributed by atoms with van der Waals surface area (Å²) in [5.41, 5.74) is 0.753. The van der Waals surface area contributed by atoms with Crippen LogP contribution in [-0.2, 0) is 19.1 Å². The number of fused-ring (bicyclic) bond motifs is 3. The van der Waals surface area contributed by atoms with Crippen LogP contribution in [0.4, 0.5) is 5.69 Å². The van der Waals surface area contributed by atoms with Gasteiger partial charge in [0.2, 0.25) is 5.91 Å². The van der Waals surface area contributed by atoms with Crippen LogP contribution in [0.25, 0.3) is 10.8 Å². The van der Waals surface area contributed by atoms with Crippen molar-refractivity contribution in [2.24, 2.45) is 17.8 Å². The van der Waals surface area contributed by atoms with Crippen molar-refractivity contribution in [3.05, 3.63) is 66.8 Å². The molecule has 0 aromatic heterocycles. The Labute approximate surface area is 220 Å². The average molecular weight is 519 g/mol. The first-order valence-electron chi connectivity index (χ1n) is 12.8. The number of esters is 1. The summed E-state index contributed by atoms with van der Waals surface area (Å²) in [7, 11) is 0. The molecule has 0 aliphatic carbocycles. The Kier molecular flexibility index (Phi) is 5.92. The van der Waals surface area contributed by atoms with Crippen molar-refractivity contribution in [1.29, 1.82) is 0 Å². The maximum atomic E-state index is 14.5. The highest BCUT2D eigenvalue weighted by Gasteiger charge is 2.72. The molecule has 1 N–H and O–H groups in total. The number of carbonyl (C=O) groups is 3. The fraction of sp³-hybridized carbons (Fsp3) is 0.414. The molecule has 2 amide bonds. The van der Waals surface area contributed by atoms with Crippen molar-refractivity contribution in [2.75, 3.05) is 24.7 Å². The van der Waals surface area contributed by atoms with Gasteiger partial charge in [0.05, 0.1) is 29.2 Å². The van der Waals surface area contributed by atoms with Gasteiger partial charge in [-0.2, -0.15) is 0 Å². The fourth-order valence-electron chi connectivity index (χ4n) is 6.46. The Balaban J connectivity index is 1.49. The van der Waals surface area contributed by atoms with E-state index in [9.17, 15) is 19.5 Å². The molecular weight excluding hydrogens is 488 g/mol. The second-order valence-electron chi connectivity index (χ2n) is 10.5. The summed E-state index contributed by atoms with van der Waals surface area (Å²) >= 11 is 1.51. The molecule has 4 aliphatic heterocycles. The Morgan fingerprint density at radius 3 is 2.62 bits per heavy atom. The Bertz CT molecular complexity index is 1340. The summed E-state index contributed by atoms with van der Waals surface area (Å²) in [6, 6.07) is 12.5. The summed E-state index contributed by atoms with van der Waals surface area (Å²) in [5.74, 6) is -2.37. The van der Waals surface area contributed by atoms with E-state index in [4.69, 9.17) is 4.74 Å². The molecule has 2 aromatic rings. The number of anilines is 1. The summed E-state index contributed by atoms with van der Waals surface area (Å²) in [4.78, 5) is 45.1. The van der Waals surface area contributed by atoms with Gasteiger partial charge in [0.25, 0.3) is 5.91 Å². The lowest BCUT2D eigenvalue weighted by Crippen LogP contribution is -2.57. The van der Waals surface area contributed by atoms with E-state index in [0.29, 0.717) is 6.54 Å². The van der Waals surface area contributed by atoms with Crippen LogP contribution in [0, 0.1) is 17.8 Å². The molecule has 6 rings (SSSR count). The van der Waals surface area contributed by atoms with E-state index in [0.717, 1.165) is 16.5 Å². The highest BCUT2D eigenvalue weighted by atomic mass is 32.2. The predicted molar refractivity (Wildman–Crippen MR) is 143 cm³/mol. The Morgan fingerprint density at radius 1 is 1.08 bits per heavy atom. The molecule has 4 heterocycles. The maximum Gasteiger partial charge on any atom is 0.311 e. The first-order chi connectivity index (χ1) is 17.9. The van der Waals surface area contributed by atoms with Crippen LogP contribution < -0.4 is 4.90 Å². The fourth-order valence-corrected chi connectivity index (χ4v) is 8.45. The summed E-state index contributed by atoms with van der Waals surface area (Å²) in [5, 5.41) is 12.2. The first kappa shape index (κ1) is 24.2. The molecule has 2 fully saturated rings. The van der Waals surface area contributed by atoms with Gasteiger partial charge in [0, 0.05) is 17.5 Å². The van der Waals surface area contributed by atoms with Crippen molar-refractivity contribution in [2.45, 2.75) is 35.9 Å². The van der Waals surface area contributed by atoms with E-state index in [1.165, 1.54) is 11.8 Å². The lowest BCUT2D eigenvalue weighted by molar-refractivity contribution is -0.152. The monoisotopic (exact) mass is 518 g/mol. The number of thioether (sulfide) groups is 1. The average Bonchev–Trinajstić information content (AvgIpc) is 3.18. The molecular formula is C29H30N2O5S. The van der Waals surface area contributed by atoms with Crippen molar-refractivity contribution >= 4 is 46.0 Å². The van der Waals surface area contributed by atoms with E-state index >= 15 is 0 Å². The lowest BCUT2D eigenvalue weighted by atomic mass is 9.78. The molecule has 0 saturated carbocycles. The van der Waals surface area contributed by atoms with Gasteiger partial charge in [-0.25, -0.2) is 0 Å².